The minimum atomic E-state index is -0.472. The van der Waals surface area contributed by atoms with Crippen molar-refractivity contribution in [2.75, 3.05) is 19.6 Å². The standard InChI is InChI=1S/C29H30FN3O3/c30-24-9-3-5-21(17-24)19-32-15-16-33(20-28(32)36)27(35)12-14-29(13-11-26(34)31-29)18-23-8-4-7-22-6-1-2-10-25(22)23/h1-10,17H,11-16,18-20H2,(H,31,34). The van der Waals surface area contributed by atoms with Crippen LogP contribution in [0.2, 0.25) is 0 Å². The highest BCUT2D eigenvalue weighted by Crippen LogP contribution is 2.32. The lowest BCUT2D eigenvalue weighted by Gasteiger charge is -2.35. The van der Waals surface area contributed by atoms with Crippen LogP contribution in [0.25, 0.3) is 10.8 Å². The first kappa shape index (κ1) is 24.0. The summed E-state index contributed by atoms with van der Waals surface area (Å²) in [4.78, 5) is 41.3. The van der Waals surface area contributed by atoms with Crippen LogP contribution in [0.1, 0.15) is 36.8 Å². The van der Waals surface area contributed by atoms with Crippen LogP contribution in [0.15, 0.2) is 66.7 Å². The number of piperazine rings is 1. The number of amides is 3. The molecule has 0 spiro atoms. The highest BCUT2D eigenvalue weighted by atomic mass is 19.1. The molecule has 0 radical (unpaired) electrons. The maximum absolute atomic E-state index is 13.5. The molecule has 0 bridgehead atoms. The van der Waals surface area contributed by atoms with Crippen molar-refractivity contribution in [3.05, 3.63) is 83.7 Å². The summed E-state index contributed by atoms with van der Waals surface area (Å²) in [5.74, 6) is -0.528. The smallest absolute Gasteiger partial charge is 0.242 e. The van der Waals surface area contributed by atoms with Gasteiger partial charge in [-0.3, -0.25) is 14.4 Å². The second kappa shape index (κ2) is 10.1. The van der Waals surface area contributed by atoms with Crippen LogP contribution in [-0.2, 0) is 27.3 Å². The maximum Gasteiger partial charge on any atom is 0.242 e. The average Bonchev–Trinajstić information content (AvgIpc) is 3.24. The number of halogens is 1. The average molecular weight is 488 g/mol. The lowest BCUT2D eigenvalue weighted by Crippen LogP contribution is -2.52. The van der Waals surface area contributed by atoms with Crippen LogP contribution in [0.3, 0.4) is 0 Å². The van der Waals surface area contributed by atoms with Crippen LogP contribution < -0.4 is 5.32 Å². The van der Waals surface area contributed by atoms with Gasteiger partial charge in [0.05, 0.1) is 6.54 Å². The summed E-state index contributed by atoms with van der Waals surface area (Å²) in [6.45, 7) is 1.22. The zero-order valence-corrected chi connectivity index (χ0v) is 20.2. The number of hydrogen-bond donors (Lipinski definition) is 1. The molecule has 36 heavy (non-hydrogen) atoms. The van der Waals surface area contributed by atoms with Crippen LogP contribution in [0, 0.1) is 5.82 Å². The summed E-state index contributed by atoms with van der Waals surface area (Å²) < 4.78 is 13.5. The molecular weight excluding hydrogens is 457 g/mol. The third kappa shape index (κ3) is 5.25. The molecule has 2 aliphatic heterocycles. The molecule has 1 N–H and O–H groups in total. The lowest BCUT2D eigenvalue weighted by molar-refractivity contribution is -0.145. The van der Waals surface area contributed by atoms with Gasteiger partial charge in [-0.25, -0.2) is 4.39 Å². The Morgan fingerprint density at radius 1 is 1.00 bits per heavy atom. The van der Waals surface area contributed by atoms with Gasteiger partial charge in [0.1, 0.15) is 5.82 Å². The molecule has 0 aliphatic carbocycles. The van der Waals surface area contributed by atoms with Crippen molar-refractivity contribution in [2.24, 2.45) is 0 Å². The largest absolute Gasteiger partial charge is 0.350 e. The second-order valence-electron chi connectivity index (χ2n) is 9.90. The molecule has 0 aromatic heterocycles. The molecular formula is C29H30FN3O3. The number of nitrogens with zero attached hydrogens (tertiary/aromatic N) is 2. The molecule has 186 valence electrons. The molecule has 1 atom stereocenters. The van der Waals surface area contributed by atoms with E-state index >= 15 is 0 Å². The first-order valence-corrected chi connectivity index (χ1v) is 12.5. The third-order valence-corrected chi connectivity index (χ3v) is 7.40. The third-order valence-electron chi connectivity index (χ3n) is 7.40. The molecule has 5 rings (SSSR count). The van der Waals surface area contributed by atoms with Crippen molar-refractivity contribution in [1.82, 2.24) is 15.1 Å². The summed E-state index contributed by atoms with van der Waals surface area (Å²) in [6.07, 6.45) is 2.59. The molecule has 1 unspecified atom stereocenters. The molecule has 2 heterocycles. The summed E-state index contributed by atoms with van der Waals surface area (Å²) in [5.41, 5.74) is 1.42. The van der Waals surface area contributed by atoms with Crippen molar-refractivity contribution in [3.8, 4) is 0 Å². The quantitative estimate of drug-likeness (QED) is 0.551. The van der Waals surface area contributed by atoms with E-state index in [0.29, 0.717) is 45.3 Å². The number of fused-ring (bicyclic) bond motifs is 1. The van der Waals surface area contributed by atoms with Crippen molar-refractivity contribution in [3.63, 3.8) is 0 Å². The van der Waals surface area contributed by atoms with Gasteiger partial charge >= 0.3 is 0 Å². The monoisotopic (exact) mass is 487 g/mol. The van der Waals surface area contributed by atoms with Gasteiger partial charge in [-0.05, 0) is 53.3 Å². The van der Waals surface area contributed by atoms with Crippen molar-refractivity contribution < 1.29 is 18.8 Å². The fourth-order valence-electron chi connectivity index (χ4n) is 5.44. The predicted molar refractivity (Wildman–Crippen MR) is 135 cm³/mol. The SMILES string of the molecule is O=C1CCC(CCC(=O)N2CCN(Cc3cccc(F)c3)C(=O)C2)(Cc2cccc3ccccc23)N1. The summed E-state index contributed by atoms with van der Waals surface area (Å²) in [5, 5.41) is 5.48. The van der Waals surface area contributed by atoms with Gasteiger partial charge in [-0.2, -0.15) is 0 Å². The van der Waals surface area contributed by atoms with Gasteiger partial charge in [0, 0.05) is 38.0 Å². The maximum atomic E-state index is 13.5. The highest BCUT2D eigenvalue weighted by Gasteiger charge is 2.39. The van der Waals surface area contributed by atoms with Crippen molar-refractivity contribution in [1.29, 1.82) is 0 Å². The van der Waals surface area contributed by atoms with Crippen LogP contribution in [0.5, 0.6) is 0 Å². The minimum absolute atomic E-state index is 0.0174. The molecule has 2 fully saturated rings. The molecule has 3 amide bonds. The topological polar surface area (TPSA) is 69.7 Å². The predicted octanol–water partition coefficient (Wildman–Crippen LogP) is 3.82. The van der Waals surface area contributed by atoms with E-state index in [1.807, 2.05) is 18.2 Å². The Morgan fingerprint density at radius 3 is 2.58 bits per heavy atom. The Hall–Kier alpha value is -3.74. The van der Waals surface area contributed by atoms with Gasteiger partial charge < -0.3 is 15.1 Å². The number of rotatable bonds is 7. The number of carbonyl (C=O) groups is 3. The normalized spacial score (nSPS) is 20.1. The Morgan fingerprint density at radius 2 is 1.81 bits per heavy atom. The Kier molecular flexibility index (Phi) is 6.72. The Balaban J connectivity index is 1.22. The molecule has 2 aliphatic rings. The molecule has 6 nitrogen and oxygen atoms in total. The van der Waals surface area contributed by atoms with Gasteiger partial charge in [0.25, 0.3) is 0 Å². The van der Waals surface area contributed by atoms with E-state index in [-0.39, 0.29) is 36.5 Å². The van der Waals surface area contributed by atoms with Gasteiger partial charge in [-0.15, -0.1) is 0 Å². The first-order valence-electron chi connectivity index (χ1n) is 12.5. The molecule has 0 saturated carbocycles. The van der Waals surface area contributed by atoms with E-state index in [9.17, 15) is 18.8 Å². The zero-order valence-electron chi connectivity index (χ0n) is 20.2. The van der Waals surface area contributed by atoms with E-state index in [2.05, 4.69) is 29.6 Å². The fraction of sp³-hybridized carbons (Fsp3) is 0.345. The summed E-state index contributed by atoms with van der Waals surface area (Å²) >= 11 is 0. The van der Waals surface area contributed by atoms with Gasteiger partial charge in [-0.1, -0.05) is 54.6 Å². The van der Waals surface area contributed by atoms with Crippen LogP contribution in [0.4, 0.5) is 4.39 Å². The van der Waals surface area contributed by atoms with Crippen LogP contribution in [-0.4, -0.2) is 52.7 Å². The van der Waals surface area contributed by atoms with E-state index in [0.717, 1.165) is 21.9 Å². The number of benzene rings is 3. The second-order valence-corrected chi connectivity index (χ2v) is 9.90. The van der Waals surface area contributed by atoms with E-state index in [1.54, 1.807) is 21.9 Å². The first-order chi connectivity index (χ1) is 17.4. The Bertz CT molecular complexity index is 1300. The van der Waals surface area contributed by atoms with E-state index in [1.165, 1.54) is 12.1 Å². The van der Waals surface area contributed by atoms with E-state index < -0.39 is 5.54 Å². The van der Waals surface area contributed by atoms with Crippen molar-refractivity contribution >= 4 is 28.5 Å². The van der Waals surface area contributed by atoms with Gasteiger partial charge in [0.15, 0.2) is 0 Å². The van der Waals surface area contributed by atoms with Crippen LogP contribution >= 0.6 is 0 Å². The number of carbonyl (C=O) groups excluding carboxylic acids is 3. The summed E-state index contributed by atoms with van der Waals surface area (Å²) in [7, 11) is 0. The molecule has 3 aromatic carbocycles. The highest BCUT2D eigenvalue weighted by molar-refractivity contribution is 5.87. The van der Waals surface area contributed by atoms with Crippen molar-refractivity contribution in [2.45, 2.75) is 44.2 Å². The molecule has 3 aromatic rings. The minimum Gasteiger partial charge on any atom is -0.350 e. The molecule has 2 saturated heterocycles. The number of hydrogen-bond acceptors (Lipinski definition) is 3. The van der Waals surface area contributed by atoms with Gasteiger partial charge in [0.2, 0.25) is 17.7 Å². The zero-order chi connectivity index (χ0) is 25.1. The number of nitrogens with one attached hydrogen (secondary N) is 1. The lowest BCUT2D eigenvalue weighted by atomic mass is 9.83. The van der Waals surface area contributed by atoms with E-state index in [4.69, 9.17) is 0 Å². The molecule has 7 heteroatoms. The fourth-order valence-corrected chi connectivity index (χ4v) is 5.44. The Labute approximate surface area is 210 Å². The summed E-state index contributed by atoms with van der Waals surface area (Å²) in [6, 6.07) is 20.6.